The standard InChI is InChI=1S/C24H26BrNO3/c1-2-3-4-5-6-9-16-28-19-14-12-18(13-15-19)17-22-24(27)29-23(26-22)20-10-7-8-11-21(20)25/h7-8,10-15,17H,2-6,9,16H2,1H3. The molecule has 0 bridgehead atoms. The summed E-state index contributed by atoms with van der Waals surface area (Å²) in [5.41, 5.74) is 1.92. The SMILES string of the molecule is CCCCCCCCOc1ccc(C=C2N=C(c3ccccc3Br)OC2=O)cc1. The molecule has 0 saturated carbocycles. The molecule has 1 heterocycles. The summed E-state index contributed by atoms with van der Waals surface area (Å²) < 4.78 is 12.0. The van der Waals surface area contributed by atoms with Gasteiger partial charge in [0.2, 0.25) is 5.90 Å². The maximum absolute atomic E-state index is 12.2. The van der Waals surface area contributed by atoms with Gasteiger partial charge in [-0.2, -0.15) is 0 Å². The lowest BCUT2D eigenvalue weighted by Gasteiger charge is -2.06. The molecule has 0 amide bonds. The van der Waals surface area contributed by atoms with Crippen molar-refractivity contribution in [3.05, 3.63) is 69.8 Å². The van der Waals surface area contributed by atoms with Crippen molar-refractivity contribution in [3.8, 4) is 5.75 Å². The zero-order valence-corrected chi connectivity index (χ0v) is 18.3. The molecule has 5 heteroatoms. The highest BCUT2D eigenvalue weighted by Gasteiger charge is 2.25. The first-order valence-corrected chi connectivity index (χ1v) is 11.0. The summed E-state index contributed by atoms with van der Waals surface area (Å²) in [6.07, 6.45) is 9.20. The number of hydrogen-bond donors (Lipinski definition) is 0. The van der Waals surface area contributed by atoms with E-state index in [-0.39, 0.29) is 5.70 Å². The van der Waals surface area contributed by atoms with Crippen molar-refractivity contribution in [3.63, 3.8) is 0 Å². The summed E-state index contributed by atoms with van der Waals surface area (Å²) in [7, 11) is 0. The van der Waals surface area contributed by atoms with Gasteiger partial charge in [0.05, 0.1) is 12.2 Å². The summed E-state index contributed by atoms with van der Waals surface area (Å²) in [4.78, 5) is 16.5. The van der Waals surface area contributed by atoms with Gasteiger partial charge in [0.1, 0.15) is 5.75 Å². The molecule has 4 nitrogen and oxygen atoms in total. The second kappa shape index (κ2) is 11.0. The summed E-state index contributed by atoms with van der Waals surface area (Å²) in [6, 6.07) is 15.2. The van der Waals surface area contributed by atoms with Gasteiger partial charge in [0.15, 0.2) is 5.70 Å². The number of rotatable bonds is 10. The van der Waals surface area contributed by atoms with Crippen LogP contribution in [0.25, 0.3) is 6.08 Å². The minimum atomic E-state index is -0.445. The van der Waals surface area contributed by atoms with Gasteiger partial charge in [-0.25, -0.2) is 9.79 Å². The van der Waals surface area contributed by atoms with E-state index in [4.69, 9.17) is 9.47 Å². The maximum atomic E-state index is 12.2. The largest absolute Gasteiger partial charge is 0.494 e. The van der Waals surface area contributed by atoms with Gasteiger partial charge in [-0.3, -0.25) is 0 Å². The third kappa shape index (κ3) is 6.29. The minimum absolute atomic E-state index is 0.288. The van der Waals surface area contributed by atoms with Crippen LogP contribution in [0.15, 0.2) is 63.7 Å². The molecule has 3 rings (SSSR count). The van der Waals surface area contributed by atoms with Crippen LogP contribution in [0.5, 0.6) is 5.75 Å². The van der Waals surface area contributed by atoms with Gasteiger partial charge in [-0.15, -0.1) is 0 Å². The predicted molar refractivity (Wildman–Crippen MR) is 120 cm³/mol. The second-order valence-corrected chi connectivity index (χ2v) is 7.86. The van der Waals surface area contributed by atoms with E-state index in [1.807, 2.05) is 48.5 Å². The zero-order valence-electron chi connectivity index (χ0n) is 16.7. The van der Waals surface area contributed by atoms with Crippen molar-refractivity contribution < 1.29 is 14.3 Å². The fraction of sp³-hybridized carbons (Fsp3) is 0.333. The summed E-state index contributed by atoms with van der Waals surface area (Å²) in [6.45, 7) is 2.96. The molecule has 0 N–H and O–H groups in total. The first kappa shape index (κ1) is 21.3. The summed E-state index contributed by atoms with van der Waals surface area (Å²) in [5.74, 6) is 0.707. The molecule has 1 aliphatic rings. The third-order valence-corrected chi connectivity index (χ3v) is 5.37. The second-order valence-electron chi connectivity index (χ2n) is 7.00. The smallest absolute Gasteiger partial charge is 0.363 e. The Bertz CT molecular complexity index is 887. The number of hydrogen-bond acceptors (Lipinski definition) is 4. The molecule has 1 aliphatic heterocycles. The molecular formula is C24H26BrNO3. The first-order chi connectivity index (χ1) is 14.2. The Labute approximate surface area is 180 Å². The van der Waals surface area contributed by atoms with Crippen molar-refractivity contribution in [2.45, 2.75) is 45.4 Å². The van der Waals surface area contributed by atoms with Crippen molar-refractivity contribution >= 4 is 33.9 Å². The highest BCUT2D eigenvalue weighted by atomic mass is 79.9. The van der Waals surface area contributed by atoms with Crippen LogP contribution in [0, 0.1) is 0 Å². The molecule has 0 saturated heterocycles. The number of cyclic esters (lactones) is 1. The molecule has 152 valence electrons. The number of nitrogens with zero attached hydrogens (tertiary/aromatic N) is 1. The molecule has 0 aromatic heterocycles. The maximum Gasteiger partial charge on any atom is 0.363 e. The van der Waals surface area contributed by atoms with Gasteiger partial charge in [0.25, 0.3) is 0 Å². The van der Waals surface area contributed by atoms with Crippen LogP contribution in [0.2, 0.25) is 0 Å². The van der Waals surface area contributed by atoms with E-state index in [1.54, 1.807) is 6.08 Å². The van der Waals surface area contributed by atoms with Gasteiger partial charge in [0, 0.05) is 4.47 Å². The Balaban J connectivity index is 1.55. The van der Waals surface area contributed by atoms with Crippen molar-refractivity contribution in [2.24, 2.45) is 4.99 Å². The van der Waals surface area contributed by atoms with Crippen LogP contribution in [-0.4, -0.2) is 18.5 Å². The Hall–Kier alpha value is -2.40. The number of halogens is 1. The average molecular weight is 456 g/mol. The zero-order chi connectivity index (χ0) is 20.5. The van der Waals surface area contributed by atoms with E-state index < -0.39 is 5.97 Å². The topological polar surface area (TPSA) is 47.9 Å². The van der Waals surface area contributed by atoms with E-state index in [0.29, 0.717) is 5.90 Å². The van der Waals surface area contributed by atoms with Crippen LogP contribution < -0.4 is 4.74 Å². The molecule has 0 radical (unpaired) electrons. The lowest BCUT2D eigenvalue weighted by atomic mass is 10.1. The van der Waals surface area contributed by atoms with Gasteiger partial charge < -0.3 is 9.47 Å². The molecule has 0 atom stereocenters. The van der Waals surface area contributed by atoms with Gasteiger partial charge >= 0.3 is 5.97 Å². The first-order valence-electron chi connectivity index (χ1n) is 10.2. The van der Waals surface area contributed by atoms with Gasteiger partial charge in [-0.1, -0.05) is 63.3 Å². The number of aliphatic imine (C=N–C) groups is 1. The van der Waals surface area contributed by atoms with Crippen molar-refractivity contribution in [1.82, 2.24) is 0 Å². The number of esters is 1. The van der Waals surface area contributed by atoms with Crippen molar-refractivity contribution in [1.29, 1.82) is 0 Å². The molecule has 0 unspecified atom stereocenters. The van der Waals surface area contributed by atoms with Crippen LogP contribution in [0.4, 0.5) is 0 Å². The number of unbranched alkanes of at least 4 members (excludes halogenated alkanes) is 5. The lowest BCUT2D eigenvalue weighted by molar-refractivity contribution is -0.129. The Morgan fingerprint density at radius 3 is 2.48 bits per heavy atom. The summed E-state index contributed by atoms with van der Waals surface area (Å²) in [5, 5.41) is 0. The quantitative estimate of drug-likeness (QED) is 0.232. The Kier molecular flexibility index (Phi) is 8.05. The molecule has 2 aromatic rings. The number of ether oxygens (including phenoxy) is 2. The van der Waals surface area contributed by atoms with Crippen LogP contribution in [0.1, 0.15) is 56.6 Å². The minimum Gasteiger partial charge on any atom is -0.494 e. The van der Waals surface area contributed by atoms with Crippen molar-refractivity contribution in [2.75, 3.05) is 6.61 Å². The third-order valence-electron chi connectivity index (χ3n) is 4.67. The molecular weight excluding hydrogens is 430 g/mol. The van der Waals surface area contributed by atoms with Crippen LogP contribution in [-0.2, 0) is 9.53 Å². The van der Waals surface area contributed by atoms with Crippen LogP contribution >= 0.6 is 15.9 Å². The Morgan fingerprint density at radius 2 is 1.72 bits per heavy atom. The molecule has 0 spiro atoms. The lowest BCUT2D eigenvalue weighted by Crippen LogP contribution is -2.05. The molecule has 0 fully saturated rings. The van der Waals surface area contributed by atoms with E-state index in [1.165, 1.54) is 32.1 Å². The van der Waals surface area contributed by atoms with E-state index >= 15 is 0 Å². The molecule has 0 aliphatic carbocycles. The van der Waals surface area contributed by atoms with E-state index in [2.05, 4.69) is 27.8 Å². The fourth-order valence-corrected chi connectivity index (χ4v) is 3.50. The number of carbonyl (C=O) groups excluding carboxylic acids is 1. The number of benzene rings is 2. The monoisotopic (exact) mass is 455 g/mol. The molecule has 29 heavy (non-hydrogen) atoms. The highest BCUT2D eigenvalue weighted by Crippen LogP contribution is 2.24. The van der Waals surface area contributed by atoms with E-state index in [0.717, 1.165) is 34.4 Å². The van der Waals surface area contributed by atoms with Gasteiger partial charge in [-0.05, 0) is 58.3 Å². The molecule has 2 aromatic carbocycles. The highest BCUT2D eigenvalue weighted by molar-refractivity contribution is 9.10. The van der Waals surface area contributed by atoms with E-state index in [9.17, 15) is 4.79 Å². The normalized spacial score (nSPS) is 14.8. The fourth-order valence-electron chi connectivity index (χ4n) is 3.05. The predicted octanol–water partition coefficient (Wildman–Crippen LogP) is 6.53. The summed E-state index contributed by atoms with van der Waals surface area (Å²) >= 11 is 3.46. The Morgan fingerprint density at radius 1 is 1.00 bits per heavy atom. The van der Waals surface area contributed by atoms with Crippen LogP contribution in [0.3, 0.4) is 0 Å². The number of carbonyl (C=O) groups is 1. The average Bonchev–Trinajstić information content (AvgIpc) is 3.09.